The van der Waals surface area contributed by atoms with Crippen LogP contribution in [-0.4, -0.2) is 24.5 Å². The Morgan fingerprint density at radius 3 is 2.83 bits per heavy atom. The molecule has 0 bridgehead atoms. The minimum Gasteiger partial charge on any atom is -0.299 e. The van der Waals surface area contributed by atoms with Gasteiger partial charge in [-0.2, -0.15) is 5.26 Å². The van der Waals surface area contributed by atoms with Crippen molar-refractivity contribution in [1.82, 2.24) is 4.90 Å². The van der Waals surface area contributed by atoms with Gasteiger partial charge in [0.1, 0.15) is 0 Å². The molecule has 1 aromatic carbocycles. The molecule has 1 heterocycles. The van der Waals surface area contributed by atoms with E-state index >= 15 is 0 Å². The molecule has 0 atom stereocenters. The maximum atomic E-state index is 8.92. The Kier molecular flexibility index (Phi) is 4.17. The molecule has 0 radical (unpaired) electrons. The lowest BCUT2D eigenvalue weighted by molar-refractivity contribution is 0.268. The molecule has 0 fully saturated rings. The smallest absolute Gasteiger partial charge is 0.0991 e. The first-order chi connectivity index (χ1) is 8.69. The normalized spacial score (nSPS) is 16.4. The molecule has 0 N–H and O–H groups in total. The monoisotopic (exact) mass is 240 g/mol. The fourth-order valence-corrected chi connectivity index (χ4v) is 2.44. The van der Waals surface area contributed by atoms with Crippen LogP contribution in [0, 0.1) is 17.2 Å². The molecule has 2 rings (SSSR count). The third-order valence-electron chi connectivity index (χ3n) is 3.28. The van der Waals surface area contributed by atoms with E-state index in [0.29, 0.717) is 0 Å². The van der Waals surface area contributed by atoms with Gasteiger partial charge in [-0.1, -0.05) is 32.1 Å². The van der Waals surface area contributed by atoms with Crippen LogP contribution in [0.15, 0.2) is 30.3 Å². The molecule has 0 saturated carbocycles. The Balaban J connectivity index is 2.07. The minimum atomic E-state index is 0.724. The summed E-state index contributed by atoms with van der Waals surface area (Å²) in [6.07, 6.45) is 3.39. The van der Waals surface area contributed by atoms with Crippen molar-refractivity contribution in [2.45, 2.75) is 20.3 Å². The van der Waals surface area contributed by atoms with Crippen molar-refractivity contribution in [1.29, 1.82) is 5.26 Å². The predicted octanol–water partition coefficient (Wildman–Crippen LogP) is 3.30. The molecule has 1 aliphatic rings. The third-order valence-corrected chi connectivity index (χ3v) is 3.28. The van der Waals surface area contributed by atoms with E-state index in [4.69, 9.17) is 5.26 Å². The number of nitriles is 1. The van der Waals surface area contributed by atoms with Gasteiger partial charge in [-0.15, -0.1) is 0 Å². The molecule has 0 unspecified atom stereocenters. The first kappa shape index (κ1) is 12.9. The van der Waals surface area contributed by atoms with Gasteiger partial charge in [-0.25, -0.2) is 0 Å². The average Bonchev–Trinajstić information content (AvgIpc) is 2.39. The molecule has 0 saturated heterocycles. The lowest BCUT2D eigenvalue weighted by atomic mass is 9.97. The van der Waals surface area contributed by atoms with Gasteiger partial charge >= 0.3 is 0 Å². The molecule has 0 aromatic heterocycles. The molecule has 2 heteroatoms. The number of nitrogens with zero attached hydrogens (tertiary/aromatic N) is 2. The molecule has 0 amide bonds. The number of hydrogen-bond acceptors (Lipinski definition) is 2. The van der Waals surface area contributed by atoms with E-state index in [0.717, 1.165) is 31.0 Å². The second-order valence-corrected chi connectivity index (χ2v) is 5.33. The van der Waals surface area contributed by atoms with E-state index in [1.807, 2.05) is 18.2 Å². The second-order valence-electron chi connectivity index (χ2n) is 5.33. The van der Waals surface area contributed by atoms with Gasteiger partial charge in [0, 0.05) is 19.6 Å². The fourth-order valence-electron chi connectivity index (χ4n) is 2.44. The summed E-state index contributed by atoms with van der Waals surface area (Å²) >= 11 is 0. The molecule has 0 spiro atoms. The van der Waals surface area contributed by atoms with Crippen LogP contribution < -0.4 is 0 Å². The fraction of sp³-hybridized carbons (Fsp3) is 0.438. The van der Waals surface area contributed by atoms with Gasteiger partial charge in [0.2, 0.25) is 0 Å². The highest BCUT2D eigenvalue weighted by Crippen LogP contribution is 2.23. The summed E-state index contributed by atoms with van der Waals surface area (Å²) in [5.74, 6) is 0.724. The maximum Gasteiger partial charge on any atom is 0.0991 e. The maximum absolute atomic E-state index is 8.92. The third kappa shape index (κ3) is 3.21. The zero-order valence-electron chi connectivity index (χ0n) is 11.2. The molecular formula is C16H20N2. The van der Waals surface area contributed by atoms with E-state index in [9.17, 15) is 0 Å². The Labute approximate surface area is 110 Å². The van der Waals surface area contributed by atoms with Gasteiger partial charge in [-0.05, 0) is 35.6 Å². The molecule has 94 valence electrons. The van der Waals surface area contributed by atoms with Crippen molar-refractivity contribution in [3.8, 4) is 6.07 Å². The minimum absolute atomic E-state index is 0.724. The molecule has 1 aromatic rings. The summed E-state index contributed by atoms with van der Waals surface area (Å²) in [5.41, 5.74) is 3.34. The van der Waals surface area contributed by atoms with Crippen molar-refractivity contribution >= 4 is 5.57 Å². The average molecular weight is 240 g/mol. The summed E-state index contributed by atoms with van der Waals surface area (Å²) in [6.45, 7) is 7.85. The molecule has 0 aliphatic carbocycles. The SMILES string of the molecule is CC(C)CN1CC=C(c2cccc(C#N)c2)CC1. The van der Waals surface area contributed by atoms with Gasteiger partial charge in [0.15, 0.2) is 0 Å². The predicted molar refractivity (Wildman–Crippen MR) is 75.0 cm³/mol. The quantitative estimate of drug-likeness (QED) is 0.810. The number of rotatable bonds is 3. The molecule has 2 nitrogen and oxygen atoms in total. The largest absolute Gasteiger partial charge is 0.299 e. The van der Waals surface area contributed by atoms with Crippen molar-refractivity contribution in [2.75, 3.05) is 19.6 Å². The number of benzene rings is 1. The Morgan fingerprint density at radius 2 is 2.22 bits per heavy atom. The van der Waals surface area contributed by atoms with Crippen LogP contribution in [0.25, 0.3) is 5.57 Å². The van der Waals surface area contributed by atoms with E-state index in [1.165, 1.54) is 17.7 Å². The molecule has 18 heavy (non-hydrogen) atoms. The van der Waals surface area contributed by atoms with Gasteiger partial charge in [-0.3, -0.25) is 4.90 Å². The van der Waals surface area contributed by atoms with Crippen molar-refractivity contribution in [3.05, 3.63) is 41.5 Å². The first-order valence-corrected chi connectivity index (χ1v) is 6.61. The highest BCUT2D eigenvalue weighted by atomic mass is 15.1. The second kappa shape index (κ2) is 5.84. The lowest BCUT2D eigenvalue weighted by Gasteiger charge is -2.27. The van der Waals surface area contributed by atoms with E-state index in [-0.39, 0.29) is 0 Å². The van der Waals surface area contributed by atoms with Crippen LogP contribution >= 0.6 is 0 Å². The van der Waals surface area contributed by atoms with Crippen LogP contribution in [0.1, 0.15) is 31.4 Å². The lowest BCUT2D eigenvalue weighted by Crippen LogP contribution is -2.31. The van der Waals surface area contributed by atoms with Crippen LogP contribution in [0.2, 0.25) is 0 Å². The highest BCUT2D eigenvalue weighted by Gasteiger charge is 2.13. The van der Waals surface area contributed by atoms with Gasteiger partial charge in [0.25, 0.3) is 0 Å². The zero-order valence-corrected chi connectivity index (χ0v) is 11.2. The first-order valence-electron chi connectivity index (χ1n) is 6.61. The van der Waals surface area contributed by atoms with Crippen LogP contribution in [0.5, 0.6) is 0 Å². The standard InChI is InChI=1S/C16H20N2/c1-13(2)12-18-8-6-15(7-9-18)16-5-3-4-14(10-16)11-17/h3-6,10,13H,7-9,12H2,1-2H3. The summed E-state index contributed by atoms with van der Waals surface area (Å²) < 4.78 is 0. The van der Waals surface area contributed by atoms with E-state index < -0.39 is 0 Å². The Bertz CT molecular complexity index is 480. The Hall–Kier alpha value is -1.59. The van der Waals surface area contributed by atoms with Crippen molar-refractivity contribution in [2.24, 2.45) is 5.92 Å². The molecular weight excluding hydrogens is 220 g/mol. The van der Waals surface area contributed by atoms with Crippen LogP contribution in [-0.2, 0) is 0 Å². The summed E-state index contributed by atoms with van der Waals surface area (Å²) in [6, 6.07) is 10.1. The van der Waals surface area contributed by atoms with Crippen molar-refractivity contribution in [3.63, 3.8) is 0 Å². The van der Waals surface area contributed by atoms with E-state index in [1.54, 1.807) is 0 Å². The molecule has 1 aliphatic heterocycles. The summed E-state index contributed by atoms with van der Waals surface area (Å²) in [5, 5.41) is 8.92. The van der Waals surface area contributed by atoms with Crippen LogP contribution in [0.3, 0.4) is 0 Å². The summed E-state index contributed by atoms with van der Waals surface area (Å²) in [4.78, 5) is 2.49. The Morgan fingerprint density at radius 1 is 1.39 bits per heavy atom. The van der Waals surface area contributed by atoms with Gasteiger partial charge in [0.05, 0.1) is 11.6 Å². The van der Waals surface area contributed by atoms with E-state index in [2.05, 4.69) is 37.0 Å². The highest BCUT2D eigenvalue weighted by molar-refractivity contribution is 5.67. The summed E-state index contributed by atoms with van der Waals surface area (Å²) in [7, 11) is 0. The van der Waals surface area contributed by atoms with Crippen LogP contribution in [0.4, 0.5) is 0 Å². The zero-order chi connectivity index (χ0) is 13.0. The topological polar surface area (TPSA) is 27.0 Å². The van der Waals surface area contributed by atoms with Crippen molar-refractivity contribution < 1.29 is 0 Å². The number of hydrogen-bond donors (Lipinski definition) is 0. The van der Waals surface area contributed by atoms with Gasteiger partial charge < -0.3 is 0 Å².